The molecular weight excluding hydrogens is 505 g/mol. The van der Waals surface area contributed by atoms with E-state index in [0.29, 0.717) is 42.2 Å². The van der Waals surface area contributed by atoms with E-state index in [4.69, 9.17) is 19.9 Å². The lowest BCUT2D eigenvalue weighted by molar-refractivity contribution is -0.155. The molecular formula is C29H36FN3O6. The Hall–Kier alpha value is -3.50. The van der Waals surface area contributed by atoms with Crippen molar-refractivity contribution in [2.24, 2.45) is 5.73 Å². The molecule has 2 aliphatic heterocycles. The highest BCUT2D eigenvalue weighted by atomic mass is 19.1. The molecule has 0 aliphatic carbocycles. The van der Waals surface area contributed by atoms with Gasteiger partial charge in [-0.2, -0.15) is 0 Å². The summed E-state index contributed by atoms with van der Waals surface area (Å²) in [6.45, 7) is 9.05. The quantitative estimate of drug-likeness (QED) is 0.460. The molecule has 0 unspecified atom stereocenters. The number of morpholine rings is 1. The number of hydrogen-bond donors (Lipinski definition) is 1. The summed E-state index contributed by atoms with van der Waals surface area (Å²) in [5.41, 5.74) is 7.34. The fourth-order valence-corrected chi connectivity index (χ4v) is 4.82. The second-order valence-electron chi connectivity index (χ2n) is 10.9. The van der Waals surface area contributed by atoms with Crippen LogP contribution in [0.5, 0.6) is 5.75 Å². The Morgan fingerprint density at radius 1 is 1.15 bits per heavy atom. The fourth-order valence-electron chi connectivity index (χ4n) is 4.82. The number of nitrogens with zero attached hydrogens (tertiary/aromatic N) is 2. The van der Waals surface area contributed by atoms with Crippen molar-refractivity contribution in [1.82, 2.24) is 9.80 Å². The summed E-state index contributed by atoms with van der Waals surface area (Å²) in [4.78, 5) is 41.3. The van der Waals surface area contributed by atoms with E-state index in [1.807, 2.05) is 0 Å². The lowest BCUT2D eigenvalue weighted by atomic mass is 10.1. The lowest BCUT2D eigenvalue weighted by Crippen LogP contribution is -2.45. The number of rotatable bonds is 10. The van der Waals surface area contributed by atoms with Crippen molar-refractivity contribution < 1.29 is 33.0 Å². The normalized spacial score (nSPS) is 16.6. The van der Waals surface area contributed by atoms with Gasteiger partial charge >= 0.3 is 5.97 Å². The maximum absolute atomic E-state index is 14.6. The lowest BCUT2D eigenvalue weighted by Gasteiger charge is -2.26. The van der Waals surface area contributed by atoms with Crippen LogP contribution in [0.2, 0.25) is 0 Å². The summed E-state index contributed by atoms with van der Waals surface area (Å²) in [5.74, 6) is -1.50. The van der Waals surface area contributed by atoms with Crippen LogP contribution in [-0.2, 0) is 38.8 Å². The number of carbonyl (C=O) groups is 3. The van der Waals surface area contributed by atoms with Crippen LogP contribution < -0.4 is 10.5 Å². The molecule has 4 rings (SSSR count). The van der Waals surface area contributed by atoms with Crippen molar-refractivity contribution in [3.63, 3.8) is 0 Å². The van der Waals surface area contributed by atoms with Gasteiger partial charge in [-0.3, -0.25) is 19.3 Å². The largest absolute Gasteiger partial charge is 0.488 e. The molecule has 2 N–H and O–H groups in total. The Labute approximate surface area is 228 Å². The predicted molar refractivity (Wildman–Crippen MR) is 141 cm³/mol. The van der Waals surface area contributed by atoms with Crippen molar-refractivity contribution in [3.05, 3.63) is 64.5 Å². The van der Waals surface area contributed by atoms with E-state index in [0.717, 1.165) is 18.7 Å². The SMILES string of the molecule is CC(C)(C)OC(=O)CC[C@H](C(N)=O)N1Cc2c(OCc3cc(CN4CCOCC4)ccc3F)cccc2C1=O. The molecule has 2 aromatic carbocycles. The number of primary amides is 1. The molecule has 10 heteroatoms. The number of esters is 1. The van der Waals surface area contributed by atoms with E-state index in [9.17, 15) is 18.8 Å². The van der Waals surface area contributed by atoms with Crippen molar-refractivity contribution in [2.75, 3.05) is 26.3 Å². The highest BCUT2D eigenvalue weighted by Gasteiger charge is 2.37. The molecule has 9 nitrogen and oxygen atoms in total. The highest BCUT2D eigenvalue weighted by Crippen LogP contribution is 2.33. The van der Waals surface area contributed by atoms with Gasteiger partial charge in [0.25, 0.3) is 5.91 Å². The summed E-state index contributed by atoms with van der Waals surface area (Å²) in [6, 6.07) is 9.07. The summed E-state index contributed by atoms with van der Waals surface area (Å²) in [5, 5.41) is 0. The van der Waals surface area contributed by atoms with Crippen LogP contribution in [0.15, 0.2) is 36.4 Å². The molecule has 1 saturated heterocycles. The summed E-state index contributed by atoms with van der Waals surface area (Å²) >= 11 is 0. The van der Waals surface area contributed by atoms with E-state index < -0.39 is 23.5 Å². The van der Waals surface area contributed by atoms with Gasteiger partial charge in [0.2, 0.25) is 5.91 Å². The maximum Gasteiger partial charge on any atom is 0.306 e. The summed E-state index contributed by atoms with van der Waals surface area (Å²) in [7, 11) is 0. The second-order valence-corrected chi connectivity index (χ2v) is 10.9. The number of halogens is 1. The fraction of sp³-hybridized carbons (Fsp3) is 0.483. The monoisotopic (exact) mass is 541 g/mol. The molecule has 0 saturated carbocycles. The van der Waals surface area contributed by atoms with Crippen LogP contribution in [-0.4, -0.2) is 65.5 Å². The van der Waals surface area contributed by atoms with Crippen LogP contribution in [0.1, 0.15) is 60.7 Å². The first-order valence-electron chi connectivity index (χ1n) is 13.2. The zero-order chi connectivity index (χ0) is 28.2. The number of benzene rings is 2. The molecule has 210 valence electrons. The van der Waals surface area contributed by atoms with Crippen molar-refractivity contribution in [3.8, 4) is 5.75 Å². The maximum atomic E-state index is 14.6. The molecule has 1 fully saturated rings. The molecule has 0 spiro atoms. The molecule has 2 amide bonds. The third-order valence-electron chi connectivity index (χ3n) is 6.70. The third kappa shape index (κ3) is 7.33. The minimum Gasteiger partial charge on any atom is -0.488 e. The third-order valence-corrected chi connectivity index (χ3v) is 6.70. The number of carbonyl (C=O) groups excluding carboxylic acids is 3. The Bertz CT molecular complexity index is 1220. The van der Waals surface area contributed by atoms with E-state index >= 15 is 0 Å². The minimum atomic E-state index is -0.986. The number of nitrogens with two attached hydrogens (primary N) is 1. The van der Waals surface area contributed by atoms with Crippen molar-refractivity contribution >= 4 is 17.8 Å². The molecule has 1 atom stereocenters. The molecule has 2 aliphatic rings. The zero-order valence-corrected chi connectivity index (χ0v) is 22.7. The van der Waals surface area contributed by atoms with Crippen LogP contribution in [0.4, 0.5) is 4.39 Å². The van der Waals surface area contributed by atoms with Gasteiger partial charge < -0.3 is 24.8 Å². The predicted octanol–water partition coefficient (Wildman–Crippen LogP) is 3.17. The van der Waals surface area contributed by atoms with E-state index in [-0.39, 0.29) is 37.7 Å². The Morgan fingerprint density at radius 3 is 2.59 bits per heavy atom. The van der Waals surface area contributed by atoms with Gasteiger partial charge in [0, 0.05) is 42.7 Å². The molecule has 0 aromatic heterocycles. The highest BCUT2D eigenvalue weighted by molar-refractivity contribution is 6.01. The summed E-state index contributed by atoms with van der Waals surface area (Å²) in [6.07, 6.45) is -0.0181. The van der Waals surface area contributed by atoms with Crippen molar-refractivity contribution in [2.45, 2.75) is 65.0 Å². The smallest absolute Gasteiger partial charge is 0.306 e. The molecule has 2 aromatic rings. The number of fused-ring (bicyclic) bond motifs is 1. The number of hydrogen-bond acceptors (Lipinski definition) is 7. The van der Waals surface area contributed by atoms with E-state index in [1.165, 1.54) is 11.0 Å². The average molecular weight is 542 g/mol. The van der Waals surface area contributed by atoms with E-state index in [1.54, 1.807) is 51.1 Å². The van der Waals surface area contributed by atoms with Gasteiger partial charge in [-0.15, -0.1) is 0 Å². The van der Waals surface area contributed by atoms with Gasteiger partial charge in [-0.05, 0) is 57.0 Å². The molecule has 0 radical (unpaired) electrons. The van der Waals surface area contributed by atoms with Crippen LogP contribution in [0, 0.1) is 5.82 Å². The first-order valence-corrected chi connectivity index (χ1v) is 13.2. The molecule has 0 bridgehead atoms. The Balaban J connectivity index is 1.44. The summed E-state index contributed by atoms with van der Waals surface area (Å²) < 4.78 is 31.4. The van der Waals surface area contributed by atoms with Crippen LogP contribution in [0.3, 0.4) is 0 Å². The van der Waals surface area contributed by atoms with Crippen molar-refractivity contribution in [1.29, 1.82) is 0 Å². The standard InChI is InChI=1S/C29H36FN3O6/c1-29(2,3)39-26(34)10-9-24(27(31)35)33-17-22-21(28(33)36)5-4-6-25(22)38-18-20-15-19(7-8-23(20)30)16-32-11-13-37-14-12-32/h4-8,15,24H,9-14,16-18H2,1-3H3,(H2,31,35)/t24-/m1/s1. The van der Waals surface area contributed by atoms with Crippen LogP contribution in [0.25, 0.3) is 0 Å². The minimum absolute atomic E-state index is 0.0225. The van der Waals surface area contributed by atoms with Gasteiger partial charge in [0.15, 0.2) is 0 Å². The number of amides is 2. The Morgan fingerprint density at radius 2 is 1.90 bits per heavy atom. The first-order chi connectivity index (χ1) is 18.5. The van der Waals surface area contributed by atoms with E-state index in [2.05, 4.69) is 4.90 Å². The van der Waals surface area contributed by atoms with Gasteiger partial charge in [0.1, 0.15) is 29.8 Å². The second kappa shape index (κ2) is 12.1. The van der Waals surface area contributed by atoms with Gasteiger partial charge in [-0.1, -0.05) is 12.1 Å². The average Bonchev–Trinajstić information content (AvgIpc) is 3.20. The van der Waals surface area contributed by atoms with Crippen LogP contribution >= 0.6 is 0 Å². The van der Waals surface area contributed by atoms with Gasteiger partial charge in [-0.25, -0.2) is 4.39 Å². The topological polar surface area (TPSA) is 111 Å². The Kier molecular flexibility index (Phi) is 8.87. The number of ether oxygens (including phenoxy) is 3. The molecule has 2 heterocycles. The molecule has 39 heavy (non-hydrogen) atoms. The first kappa shape index (κ1) is 28.5. The zero-order valence-electron chi connectivity index (χ0n) is 22.7. The van der Waals surface area contributed by atoms with Gasteiger partial charge in [0.05, 0.1) is 19.8 Å².